The summed E-state index contributed by atoms with van der Waals surface area (Å²) in [5.41, 5.74) is -0.621. The Kier molecular flexibility index (Phi) is 6.19. The van der Waals surface area contributed by atoms with Crippen LogP contribution in [0.15, 0.2) is 18.2 Å². The minimum Gasteiger partial charge on any atom is -0.482 e. The third-order valence-electron chi connectivity index (χ3n) is 3.11. The van der Waals surface area contributed by atoms with E-state index in [0.29, 0.717) is 28.6 Å². The van der Waals surface area contributed by atoms with Crippen LogP contribution in [-0.2, 0) is 4.79 Å². The maximum atomic E-state index is 11.9. The normalized spacial score (nSPS) is 10.8. The highest BCUT2D eigenvalue weighted by molar-refractivity contribution is 6.35. The van der Waals surface area contributed by atoms with Crippen molar-refractivity contribution in [3.63, 3.8) is 0 Å². The van der Waals surface area contributed by atoms with Crippen molar-refractivity contribution in [3.8, 4) is 18.1 Å². The zero-order valence-electron chi connectivity index (χ0n) is 11.5. The molecule has 1 aromatic rings. The Morgan fingerprint density at radius 1 is 1.40 bits per heavy atom. The summed E-state index contributed by atoms with van der Waals surface area (Å²) < 4.78 is 5.36. The van der Waals surface area contributed by atoms with E-state index in [1.165, 1.54) is 0 Å². The molecule has 0 fully saturated rings. The number of halogens is 2. The number of carbonyl (C=O) groups is 1. The zero-order valence-corrected chi connectivity index (χ0v) is 13.0. The predicted molar refractivity (Wildman–Crippen MR) is 82.2 cm³/mol. The van der Waals surface area contributed by atoms with Gasteiger partial charge in [0.2, 0.25) is 0 Å². The Bertz CT molecular complexity index is 519. The molecule has 0 aliphatic carbocycles. The quantitative estimate of drug-likeness (QED) is 0.814. The first-order chi connectivity index (χ1) is 9.46. The SMILES string of the molecule is C#CC(CC)(CC)NC(=O)COc1ccc(Cl)cc1Cl. The van der Waals surface area contributed by atoms with Gasteiger partial charge in [-0.05, 0) is 31.0 Å². The maximum Gasteiger partial charge on any atom is 0.259 e. The van der Waals surface area contributed by atoms with E-state index in [1.807, 2.05) is 13.8 Å². The Hall–Kier alpha value is -1.37. The molecule has 0 spiro atoms. The van der Waals surface area contributed by atoms with Crippen LogP contribution in [0, 0.1) is 12.3 Å². The first kappa shape index (κ1) is 16.7. The molecule has 0 aromatic heterocycles. The highest BCUT2D eigenvalue weighted by Gasteiger charge is 2.25. The van der Waals surface area contributed by atoms with Crippen molar-refractivity contribution in [1.29, 1.82) is 0 Å². The fourth-order valence-electron chi connectivity index (χ4n) is 1.71. The molecule has 0 bridgehead atoms. The number of rotatable bonds is 6. The molecular formula is C15H17Cl2NO2. The zero-order chi connectivity index (χ0) is 15.2. The van der Waals surface area contributed by atoms with E-state index < -0.39 is 5.54 Å². The summed E-state index contributed by atoms with van der Waals surface area (Å²) in [7, 11) is 0. The number of nitrogens with one attached hydrogen (secondary N) is 1. The second-order valence-corrected chi connectivity index (χ2v) is 5.19. The largest absolute Gasteiger partial charge is 0.482 e. The van der Waals surface area contributed by atoms with Crippen molar-refractivity contribution >= 4 is 29.1 Å². The van der Waals surface area contributed by atoms with Gasteiger partial charge in [0.25, 0.3) is 5.91 Å². The molecular weight excluding hydrogens is 297 g/mol. The maximum absolute atomic E-state index is 11.9. The first-order valence-electron chi connectivity index (χ1n) is 6.33. The fourth-order valence-corrected chi connectivity index (χ4v) is 2.17. The summed E-state index contributed by atoms with van der Waals surface area (Å²) in [6.07, 6.45) is 6.80. The summed E-state index contributed by atoms with van der Waals surface area (Å²) >= 11 is 11.7. The smallest absolute Gasteiger partial charge is 0.259 e. The topological polar surface area (TPSA) is 38.3 Å². The molecule has 1 rings (SSSR count). The molecule has 108 valence electrons. The minimum absolute atomic E-state index is 0.148. The minimum atomic E-state index is -0.621. The third kappa shape index (κ3) is 4.33. The number of ether oxygens (including phenoxy) is 1. The number of amides is 1. The summed E-state index contributed by atoms with van der Waals surface area (Å²) in [5.74, 6) is 2.76. The molecule has 0 saturated heterocycles. The van der Waals surface area contributed by atoms with Crippen LogP contribution in [0.25, 0.3) is 0 Å². The van der Waals surface area contributed by atoms with Crippen molar-refractivity contribution in [2.45, 2.75) is 32.2 Å². The lowest BCUT2D eigenvalue weighted by atomic mass is 9.94. The molecule has 1 N–H and O–H groups in total. The van der Waals surface area contributed by atoms with Crippen LogP contribution >= 0.6 is 23.2 Å². The number of terminal acetylenes is 1. The van der Waals surface area contributed by atoms with Crippen molar-refractivity contribution in [3.05, 3.63) is 28.2 Å². The van der Waals surface area contributed by atoms with Crippen LogP contribution in [-0.4, -0.2) is 18.1 Å². The number of carbonyl (C=O) groups excluding carboxylic acids is 1. The van der Waals surface area contributed by atoms with Crippen LogP contribution in [0.5, 0.6) is 5.75 Å². The molecule has 1 aromatic carbocycles. The summed E-state index contributed by atoms with van der Waals surface area (Å²) in [6, 6.07) is 4.82. The lowest BCUT2D eigenvalue weighted by Gasteiger charge is -2.27. The summed E-state index contributed by atoms with van der Waals surface area (Å²) in [4.78, 5) is 11.9. The van der Waals surface area contributed by atoms with Gasteiger partial charge in [-0.1, -0.05) is 43.0 Å². The second kappa shape index (κ2) is 7.42. The average molecular weight is 314 g/mol. The highest BCUT2D eigenvalue weighted by atomic mass is 35.5. The van der Waals surface area contributed by atoms with Gasteiger partial charge in [0, 0.05) is 5.02 Å². The van der Waals surface area contributed by atoms with E-state index in [4.69, 9.17) is 34.4 Å². The summed E-state index contributed by atoms with van der Waals surface area (Å²) in [6.45, 7) is 3.71. The highest BCUT2D eigenvalue weighted by Crippen LogP contribution is 2.27. The van der Waals surface area contributed by atoms with Crippen molar-refractivity contribution in [2.75, 3.05) is 6.61 Å². The van der Waals surface area contributed by atoms with E-state index in [0.717, 1.165) is 0 Å². The van der Waals surface area contributed by atoms with E-state index in [-0.39, 0.29) is 12.5 Å². The molecule has 0 atom stereocenters. The summed E-state index contributed by atoms with van der Waals surface area (Å²) in [5, 5.41) is 3.68. The standard InChI is InChI=1S/C15H17Cl2NO2/c1-4-15(5-2,6-3)18-14(19)10-20-13-8-7-11(16)9-12(13)17/h1,7-9H,5-6,10H2,2-3H3,(H,18,19). The van der Waals surface area contributed by atoms with Crippen LogP contribution < -0.4 is 10.1 Å². The van der Waals surface area contributed by atoms with Gasteiger partial charge in [0.05, 0.1) is 5.02 Å². The van der Waals surface area contributed by atoms with Gasteiger partial charge in [-0.3, -0.25) is 4.79 Å². The van der Waals surface area contributed by atoms with Gasteiger partial charge >= 0.3 is 0 Å². The van der Waals surface area contributed by atoms with Gasteiger partial charge in [0.15, 0.2) is 6.61 Å². The lowest BCUT2D eigenvalue weighted by Crippen LogP contribution is -2.48. The molecule has 0 unspecified atom stereocenters. The number of hydrogen-bond acceptors (Lipinski definition) is 2. The van der Waals surface area contributed by atoms with Crippen LogP contribution in [0.1, 0.15) is 26.7 Å². The van der Waals surface area contributed by atoms with E-state index in [9.17, 15) is 4.79 Å². The Morgan fingerprint density at radius 2 is 2.05 bits per heavy atom. The Morgan fingerprint density at radius 3 is 2.55 bits per heavy atom. The molecule has 0 heterocycles. The monoisotopic (exact) mass is 313 g/mol. The number of benzene rings is 1. The molecule has 0 aliphatic rings. The van der Waals surface area contributed by atoms with Crippen molar-refractivity contribution in [2.24, 2.45) is 0 Å². The van der Waals surface area contributed by atoms with Gasteiger partial charge < -0.3 is 10.1 Å². The van der Waals surface area contributed by atoms with E-state index >= 15 is 0 Å². The molecule has 1 amide bonds. The van der Waals surface area contributed by atoms with Gasteiger partial charge in [0.1, 0.15) is 11.3 Å². The molecule has 5 heteroatoms. The third-order valence-corrected chi connectivity index (χ3v) is 3.65. The Balaban J connectivity index is 2.62. The van der Waals surface area contributed by atoms with Gasteiger partial charge in [-0.15, -0.1) is 6.42 Å². The van der Waals surface area contributed by atoms with Crippen molar-refractivity contribution < 1.29 is 9.53 Å². The Labute approximate surface area is 129 Å². The second-order valence-electron chi connectivity index (χ2n) is 4.35. The van der Waals surface area contributed by atoms with Crippen molar-refractivity contribution in [1.82, 2.24) is 5.32 Å². The number of hydrogen-bond donors (Lipinski definition) is 1. The fraction of sp³-hybridized carbons (Fsp3) is 0.400. The lowest BCUT2D eigenvalue weighted by molar-refractivity contribution is -0.124. The van der Waals surface area contributed by atoms with Gasteiger partial charge in [-0.25, -0.2) is 0 Å². The van der Waals surface area contributed by atoms with Gasteiger partial charge in [-0.2, -0.15) is 0 Å². The predicted octanol–water partition coefficient (Wildman–Crippen LogP) is 3.68. The first-order valence-corrected chi connectivity index (χ1v) is 7.08. The molecule has 0 saturated carbocycles. The van der Waals surface area contributed by atoms with E-state index in [2.05, 4.69) is 11.2 Å². The molecule has 0 radical (unpaired) electrons. The van der Waals surface area contributed by atoms with Crippen LogP contribution in [0.4, 0.5) is 0 Å². The van der Waals surface area contributed by atoms with Crippen LogP contribution in [0.2, 0.25) is 10.0 Å². The average Bonchev–Trinajstić information content (AvgIpc) is 2.44. The molecule has 3 nitrogen and oxygen atoms in total. The van der Waals surface area contributed by atoms with Crippen LogP contribution in [0.3, 0.4) is 0 Å². The van der Waals surface area contributed by atoms with E-state index in [1.54, 1.807) is 18.2 Å². The molecule has 0 aliphatic heterocycles. The molecule has 20 heavy (non-hydrogen) atoms.